The van der Waals surface area contributed by atoms with Crippen molar-refractivity contribution in [3.8, 4) is 17.1 Å². The number of rotatable bonds is 4. The third-order valence-corrected chi connectivity index (χ3v) is 3.31. The molecule has 0 saturated heterocycles. The van der Waals surface area contributed by atoms with E-state index in [1.54, 1.807) is 7.11 Å². The molecular weight excluding hydrogens is 264 g/mol. The molecule has 21 heavy (non-hydrogen) atoms. The molecule has 4 heteroatoms. The van der Waals surface area contributed by atoms with Crippen molar-refractivity contribution in [2.75, 3.05) is 7.11 Å². The third kappa shape index (κ3) is 2.94. The lowest BCUT2D eigenvalue weighted by atomic mass is 10.1. The molecule has 1 aromatic heterocycles. The Hall–Kier alpha value is -2.62. The summed E-state index contributed by atoms with van der Waals surface area (Å²) >= 11 is 0. The highest BCUT2D eigenvalue weighted by Crippen LogP contribution is 2.22. The van der Waals surface area contributed by atoms with Crippen molar-refractivity contribution in [3.05, 3.63) is 65.5 Å². The fourth-order valence-corrected chi connectivity index (χ4v) is 2.16. The number of ether oxygens (including phenoxy) is 1. The number of hydrogen-bond acceptors (Lipinski definition) is 4. The van der Waals surface area contributed by atoms with Crippen LogP contribution in [0.15, 0.2) is 53.1 Å². The Labute approximate surface area is 123 Å². The van der Waals surface area contributed by atoms with Crippen LogP contribution in [0.3, 0.4) is 0 Å². The standard InChI is InChI=1S/C17H16N2O2/c1-12-7-9-13(10-8-12)17-18-16(21-19-17)11-14-5-3-4-6-15(14)20-2/h3-10H,11H2,1-2H3. The van der Waals surface area contributed by atoms with Gasteiger partial charge in [-0.05, 0) is 13.0 Å². The maximum absolute atomic E-state index is 5.34. The van der Waals surface area contributed by atoms with Gasteiger partial charge in [-0.3, -0.25) is 0 Å². The Bertz CT molecular complexity index is 733. The average Bonchev–Trinajstić information content (AvgIpc) is 2.97. The SMILES string of the molecule is COc1ccccc1Cc1nc(-c2ccc(C)cc2)no1. The first kappa shape index (κ1) is 13.4. The van der Waals surface area contributed by atoms with Gasteiger partial charge >= 0.3 is 0 Å². The van der Waals surface area contributed by atoms with Gasteiger partial charge in [0.1, 0.15) is 5.75 Å². The van der Waals surface area contributed by atoms with Crippen molar-refractivity contribution in [1.82, 2.24) is 10.1 Å². The third-order valence-electron chi connectivity index (χ3n) is 3.31. The molecule has 0 aliphatic heterocycles. The lowest BCUT2D eigenvalue weighted by Gasteiger charge is -2.04. The lowest BCUT2D eigenvalue weighted by Crippen LogP contribution is -1.93. The molecule has 0 radical (unpaired) electrons. The van der Waals surface area contributed by atoms with Crippen LogP contribution in [0, 0.1) is 6.92 Å². The zero-order chi connectivity index (χ0) is 14.7. The highest BCUT2D eigenvalue weighted by Gasteiger charge is 2.11. The molecule has 3 rings (SSSR count). The molecule has 3 aromatic rings. The molecule has 0 fully saturated rings. The van der Waals surface area contributed by atoms with Crippen molar-refractivity contribution in [2.24, 2.45) is 0 Å². The second kappa shape index (κ2) is 5.79. The molecule has 0 atom stereocenters. The second-order valence-corrected chi connectivity index (χ2v) is 4.87. The number of methoxy groups -OCH3 is 1. The van der Waals surface area contributed by atoms with Gasteiger partial charge in [-0.15, -0.1) is 0 Å². The first-order valence-electron chi connectivity index (χ1n) is 6.78. The van der Waals surface area contributed by atoms with Gasteiger partial charge in [-0.25, -0.2) is 0 Å². The highest BCUT2D eigenvalue weighted by molar-refractivity contribution is 5.54. The molecule has 0 saturated carbocycles. The van der Waals surface area contributed by atoms with E-state index < -0.39 is 0 Å². The van der Waals surface area contributed by atoms with Crippen LogP contribution in [0.4, 0.5) is 0 Å². The molecule has 0 aliphatic rings. The van der Waals surface area contributed by atoms with Crippen molar-refractivity contribution in [3.63, 3.8) is 0 Å². The zero-order valence-corrected chi connectivity index (χ0v) is 12.0. The summed E-state index contributed by atoms with van der Waals surface area (Å²) in [4.78, 5) is 4.45. The molecule has 2 aromatic carbocycles. The number of aryl methyl sites for hydroxylation is 1. The maximum atomic E-state index is 5.34. The first-order valence-corrected chi connectivity index (χ1v) is 6.78. The van der Waals surface area contributed by atoms with Gasteiger partial charge in [-0.2, -0.15) is 4.98 Å². The Morgan fingerprint density at radius 1 is 1.05 bits per heavy atom. The van der Waals surface area contributed by atoms with Gasteiger partial charge in [-0.1, -0.05) is 53.2 Å². The molecule has 1 heterocycles. The van der Waals surface area contributed by atoms with Gasteiger partial charge in [0.25, 0.3) is 0 Å². The fourth-order valence-electron chi connectivity index (χ4n) is 2.16. The van der Waals surface area contributed by atoms with Gasteiger partial charge in [0.15, 0.2) is 0 Å². The molecule has 0 N–H and O–H groups in total. The van der Waals surface area contributed by atoms with Crippen molar-refractivity contribution >= 4 is 0 Å². The molecule has 0 unspecified atom stereocenters. The molecule has 0 spiro atoms. The Morgan fingerprint density at radius 2 is 1.81 bits per heavy atom. The first-order chi connectivity index (χ1) is 10.3. The van der Waals surface area contributed by atoms with Crippen molar-refractivity contribution in [2.45, 2.75) is 13.3 Å². The Morgan fingerprint density at radius 3 is 2.57 bits per heavy atom. The quantitative estimate of drug-likeness (QED) is 0.732. The van der Waals surface area contributed by atoms with Crippen LogP contribution >= 0.6 is 0 Å². The van der Waals surface area contributed by atoms with Gasteiger partial charge in [0, 0.05) is 11.1 Å². The summed E-state index contributed by atoms with van der Waals surface area (Å²) in [5, 5.41) is 4.04. The molecule has 0 aliphatic carbocycles. The van der Waals surface area contributed by atoms with E-state index in [9.17, 15) is 0 Å². The minimum Gasteiger partial charge on any atom is -0.496 e. The van der Waals surface area contributed by atoms with E-state index in [-0.39, 0.29) is 0 Å². The van der Waals surface area contributed by atoms with E-state index in [0.29, 0.717) is 18.1 Å². The van der Waals surface area contributed by atoms with Crippen LogP contribution in [0.5, 0.6) is 5.75 Å². The topological polar surface area (TPSA) is 48.2 Å². The van der Waals surface area contributed by atoms with Crippen LogP contribution in [-0.4, -0.2) is 17.3 Å². The minimum atomic E-state index is 0.558. The van der Waals surface area contributed by atoms with E-state index in [2.05, 4.69) is 10.1 Å². The summed E-state index contributed by atoms with van der Waals surface area (Å²) in [6.07, 6.45) is 0.558. The van der Waals surface area contributed by atoms with Gasteiger partial charge in [0.05, 0.1) is 13.5 Å². The summed E-state index contributed by atoms with van der Waals surface area (Å²) in [6.45, 7) is 2.05. The van der Waals surface area contributed by atoms with E-state index in [1.807, 2.05) is 55.5 Å². The summed E-state index contributed by atoms with van der Waals surface area (Å²) in [7, 11) is 1.66. The second-order valence-electron chi connectivity index (χ2n) is 4.87. The van der Waals surface area contributed by atoms with Crippen LogP contribution in [0.2, 0.25) is 0 Å². The smallest absolute Gasteiger partial charge is 0.231 e. The number of benzene rings is 2. The fraction of sp³-hybridized carbons (Fsp3) is 0.176. The predicted octanol–water partition coefficient (Wildman–Crippen LogP) is 3.64. The van der Waals surface area contributed by atoms with E-state index in [4.69, 9.17) is 9.26 Å². The molecule has 106 valence electrons. The van der Waals surface area contributed by atoms with E-state index in [0.717, 1.165) is 16.9 Å². The summed E-state index contributed by atoms with van der Waals surface area (Å²) in [5.74, 6) is 2.02. The van der Waals surface area contributed by atoms with Crippen LogP contribution in [-0.2, 0) is 6.42 Å². The Balaban J connectivity index is 1.83. The summed E-state index contributed by atoms with van der Waals surface area (Å²) < 4.78 is 10.7. The zero-order valence-electron chi connectivity index (χ0n) is 12.0. The van der Waals surface area contributed by atoms with Gasteiger partial charge < -0.3 is 9.26 Å². The lowest BCUT2D eigenvalue weighted by molar-refractivity contribution is 0.379. The van der Waals surface area contributed by atoms with Crippen LogP contribution in [0.1, 0.15) is 17.0 Å². The summed E-state index contributed by atoms with van der Waals surface area (Å²) in [6, 6.07) is 15.9. The highest BCUT2D eigenvalue weighted by atomic mass is 16.5. The van der Waals surface area contributed by atoms with Crippen molar-refractivity contribution in [1.29, 1.82) is 0 Å². The van der Waals surface area contributed by atoms with E-state index in [1.165, 1.54) is 5.56 Å². The summed E-state index contributed by atoms with van der Waals surface area (Å²) in [5.41, 5.74) is 3.19. The Kier molecular flexibility index (Phi) is 3.69. The largest absolute Gasteiger partial charge is 0.496 e. The predicted molar refractivity (Wildman–Crippen MR) is 80.3 cm³/mol. The van der Waals surface area contributed by atoms with Crippen molar-refractivity contribution < 1.29 is 9.26 Å². The monoisotopic (exact) mass is 280 g/mol. The molecule has 0 bridgehead atoms. The minimum absolute atomic E-state index is 0.558. The van der Waals surface area contributed by atoms with Crippen LogP contribution < -0.4 is 4.74 Å². The maximum Gasteiger partial charge on any atom is 0.231 e. The van der Waals surface area contributed by atoms with E-state index >= 15 is 0 Å². The average molecular weight is 280 g/mol. The number of hydrogen-bond donors (Lipinski definition) is 0. The van der Waals surface area contributed by atoms with Gasteiger partial charge in [0.2, 0.25) is 11.7 Å². The number of nitrogens with zero attached hydrogens (tertiary/aromatic N) is 2. The normalized spacial score (nSPS) is 10.6. The molecule has 4 nitrogen and oxygen atoms in total. The van der Waals surface area contributed by atoms with Crippen LogP contribution in [0.25, 0.3) is 11.4 Å². The number of para-hydroxylation sites is 1. The molecular formula is C17H16N2O2. The number of aromatic nitrogens is 2. The molecule has 0 amide bonds.